The molecule has 2 aromatic carbocycles. The second-order valence-corrected chi connectivity index (χ2v) is 11.8. The first-order chi connectivity index (χ1) is 20.1. The Balaban J connectivity index is 1.93. The standard InChI is InChI=1S/C31H41N5O5S/c1-21(2)28(29(32)38)36(31(40)35(3)4)24(15-22-11-7-5-8-12-22)17-27(37)26(16-23-13-9-6-10-14-23)34-30(39)41-19-25-18-33-20-42-25/h5-14,18,20-21,24,26-28,37H,15-17,19H2,1-4H3,(H2,32,38)(H,34,39)/t24-,26-,27-,28-/m0/s1. The summed E-state index contributed by atoms with van der Waals surface area (Å²) in [6, 6.07) is 16.4. The van der Waals surface area contributed by atoms with Crippen molar-refractivity contribution in [3.05, 3.63) is 88.4 Å². The predicted molar refractivity (Wildman–Crippen MR) is 163 cm³/mol. The van der Waals surface area contributed by atoms with Crippen LogP contribution < -0.4 is 11.1 Å². The van der Waals surface area contributed by atoms with Crippen LogP contribution in [0.4, 0.5) is 9.59 Å². The van der Waals surface area contributed by atoms with E-state index >= 15 is 0 Å². The van der Waals surface area contributed by atoms with Gasteiger partial charge in [0.2, 0.25) is 5.91 Å². The van der Waals surface area contributed by atoms with Gasteiger partial charge in [-0.25, -0.2) is 9.59 Å². The maximum Gasteiger partial charge on any atom is 0.407 e. The Hall–Kier alpha value is -3.96. The highest BCUT2D eigenvalue weighted by molar-refractivity contribution is 7.09. The van der Waals surface area contributed by atoms with Crippen molar-refractivity contribution in [2.24, 2.45) is 11.7 Å². The summed E-state index contributed by atoms with van der Waals surface area (Å²) in [6.07, 6.45) is 0.595. The fourth-order valence-electron chi connectivity index (χ4n) is 4.94. The second kappa shape index (κ2) is 15.9. The first-order valence-corrected chi connectivity index (χ1v) is 14.8. The molecule has 0 radical (unpaired) electrons. The summed E-state index contributed by atoms with van der Waals surface area (Å²) >= 11 is 1.37. The second-order valence-electron chi connectivity index (χ2n) is 10.8. The minimum atomic E-state index is -1.10. The van der Waals surface area contributed by atoms with Crippen LogP contribution in [-0.2, 0) is 29.0 Å². The molecular formula is C31H41N5O5S. The number of rotatable bonds is 14. The Morgan fingerprint density at radius 1 is 1.00 bits per heavy atom. The number of nitrogens with zero attached hydrogens (tertiary/aromatic N) is 3. The van der Waals surface area contributed by atoms with Crippen molar-refractivity contribution in [1.82, 2.24) is 20.1 Å². The molecule has 226 valence electrons. The number of carbonyl (C=O) groups excluding carboxylic acids is 3. The van der Waals surface area contributed by atoms with Crippen LogP contribution in [0.15, 0.2) is 72.4 Å². The molecule has 0 spiro atoms. The van der Waals surface area contributed by atoms with Gasteiger partial charge in [0.05, 0.1) is 22.5 Å². The van der Waals surface area contributed by atoms with Gasteiger partial charge in [-0.05, 0) is 36.3 Å². The van der Waals surface area contributed by atoms with E-state index < -0.39 is 42.3 Å². The summed E-state index contributed by atoms with van der Waals surface area (Å²) in [5.74, 6) is -0.903. The summed E-state index contributed by atoms with van der Waals surface area (Å²) in [5, 5.41) is 14.5. The van der Waals surface area contributed by atoms with Gasteiger partial charge in [0.1, 0.15) is 12.6 Å². The van der Waals surface area contributed by atoms with Gasteiger partial charge >= 0.3 is 12.1 Å². The first kappa shape index (κ1) is 32.6. The average Bonchev–Trinajstić information content (AvgIpc) is 3.48. The van der Waals surface area contributed by atoms with Crippen molar-refractivity contribution in [3.63, 3.8) is 0 Å². The van der Waals surface area contributed by atoms with E-state index in [1.165, 1.54) is 21.1 Å². The molecule has 0 aliphatic heterocycles. The van der Waals surface area contributed by atoms with Crippen LogP contribution in [0.5, 0.6) is 0 Å². The third kappa shape index (κ3) is 9.56. The number of aliphatic hydroxyl groups excluding tert-OH is 1. The Morgan fingerprint density at radius 2 is 1.60 bits per heavy atom. The zero-order valence-electron chi connectivity index (χ0n) is 24.6. The van der Waals surface area contributed by atoms with Crippen LogP contribution in [-0.4, -0.2) is 76.2 Å². The number of urea groups is 1. The number of aliphatic hydroxyl groups is 1. The molecule has 0 saturated heterocycles. The lowest BCUT2D eigenvalue weighted by Gasteiger charge is -2.41. The lowest BCUT2D eigenvalue weighted by Crippen LogP contribution is -2.59. The maximum atomic E-state index is 13.6. The van der Waals surface area contributed by atoms with Crippen LogP contribution in [0.2, 0.25) is 0 Å². The summed E-state index contributed by atoms with van der Waals surface area (Å²) in [5.41, 5.74) is 9.33. The summed E-state index contributed by atoms with van der Waals surface area (Å²) in [4.78, 5) is 46.8. The Kier molecular flexibility index (Phi) is 12.3. The van der Waals surface area contributed by atoms with Crippen molar-refractivity contribution >= 4 is 29.4 Å². The Bertz CT molecular complexity index is 1260. The smallest absolute Gasteiger partial charge is 0.407 e. The number of alkyl carbamates (subject to hydrolysis) is 1. The van der Waals surface area contributed by atoms with Gasteiger partial charge in [0.25, 0.3) is 0 Å². The normalized spacial score (nSPS) is 14.0. The average molecular weight is 596 g/mol. The summed E-state index contributed by atoms with van der Waals surface area (Å²) in [7, 11) is 3.23. The number of hydrogen-bond donors (Lipinski definition) is 3. The highest BCUT2D eigenvalue weighted by Gasteiger charge is 2.39. The van der Waals surface area contributed by atoms with Crippen molar-refractivity contribution in [1.29, 1.82) is 0 Å². The molecule has 42 heavy (non-hydrogen) atoms. The number of nitrogens with two attached hydrogens (primary N) is 1. The molecule has 3 aromatic rings. The lowest BCUT2D eigenvalue weighted by atomic mass is 9.90. The van der Waals surface area contributed by atoms with Crippen molar-refractivity contribution in [2.75, 3.05) is 14.1 Å². The number of primary amides is 1. The van der Waals surface area contributed by atoms with E-state index in [2.05, 4.69) is 10.3 Å². The van der Waals surface area contributed by atoms with E-state index in [9.17, 15) is 19.5 Å². The van der Waals surface area contributed by atoms with Crippen molar-refractivity contribution in [2.45, 2.75) is 63.9 Å². The molecule has 1 heterocycles. The molecule has 0 unspecified atom stereocenters. The number of amides is 4. The molecule has 10 nitrogen and oxygen atoms in total. The number of ether oxygens (including phenoxy) is 1. The van der Waals surface area contributed by atoms with Crippen LogP contribution in [0.3, 0.4) is 0 Å². The number of hydrogen-bond acceptors (Lipinski definition) is 7. The van der Waals surface area contributed by atoms with Crippen LogP contribution in [0.25, 0.3) is 0 Å². The highest BCUT2D eigenvalue weighted by Crippen LogP contribution is 2.24. The van der Waals surface area contributed by atoms with Crippen molar-refractivity contribution < 1.29 is 24.2 Å². The van der Waals surface area contributed by atoms with Gasteiger partial charge in [-0.1, -0.05) is 74.5 Å². The van der Waals surface area contributed by atoms with Gasteiger partial charge in [-0.2, -0.15) is 0 Å². The number of carbonyl (C=O) groups is 3. The topological polar surface area (TPSA) is 138 Å². The van der Waals surface area contributed by atoms with E-state index in [0.717, 1.165) is 16.0 Å². The molecule has 0 aliphatic carbocycles. The zero-order chi connectivity index (χ0) is 30.6. The molecule has 4 atom stereocenters. The predicted octanol–water partition coefficient (Wildman–Crippen LogP) is 3.84. The number of thiazole rings is 1. The fraction of sp³-hybridized carbons (Fsp3) is 0.419. The van der Waals surface area contributed by atoms with Gasteiger partial charge in [0.15, 0.2) is 0 Å². The first-order valence-electron chi connectivity index (χ1n) is 13.9. The Labute approximate surface area is 251 Å². The van der Waals surface area contributed by atoms with Crippen LogP contribution in [0, 0.1) is 5.92 Å². The largest absolute Gasteiger partial charge is 0.444 e. The summed E-state index contributed by atoms with van der Waals surface area (Å²) < 4.78 is 5.40. The zero-order valence-corrected chi connectivity index (χ0v) is 25.4. The highest BCUT2D eigenvalue weighted by atomic mass is 32.1. The molecule has 11 heteroatoms. The third-order valence-corrected chi connectivity index (χ3v) is 7.70. The fourth-order valence-corrected chi connectivity index (χ4v) is 5.44. The number of nitrogens with one attached hydrogen (secondary N) is 1. The monoisotopic (exact) mass is 595 g/mol. The van der Waals surface area contributed by atoms with E-state index in [4.69, 9.17) is 10.5 Å². The minimum absolute atomic E-state index is 0.0566. The van der Waals surface area contributed by atoms with E-state index in [0.29, 0.717) is 12.8 Å². The van der Waals surface area contributed by atoms with Gasteiger partial charge in [-0.15, -0.1) is 11.3 Å². The molecule has 4 N–H and O–H groups in total. The Morgan fingerprint density at radius 3 is 2.10 bits per heavy atom. The summed E-state index contributed by atoms with van der Waals surface area (Å²) in [6.45, 7) is 3.72. The number of benzene rings is 2. The molecule has 3 rings (SSSR count). The van der Waals surface area contributed by atoms with Crippen LogP contribution >= 0.6 is 11.3 Å². The van der Waals surface area contributed by atoms with Gasteiger partial charge in [0, 0.05) is 26.3 Å². The SMILES string of the molecule is CC(C)[C@@H](C(N)=O)N(C(=O)N(C)C)[C@@H](Cc1ccccc1)C[C@H](O)[C@H](Cc1ccccc1)NC(=O)OCc1cncs1. The minimum Gasteiger partial charge on any atom is -0.444 e. The van der Waals surface area contributed by atoms with E-state index in [1.54, 1.807) is 25.8 Å². The molecule has 0 fully saturated rings. The van der Waals surface area contributed by atoms with Crippen LogP contribution in [0.1, 0.15) is 36.3 Å². The number of aromatic nitrogens is 1. The lowest BCUT2D eigenvalue weighted by molar-refractivity contribution is -0.125. The van der Waals surface area contributed by atoms with Gasteiger partial charge in [-0.3, -0.25) is 9.78 Å². The van der Waals surface area contributed by atoms with E-state index in [-0.39, 0.29) is 18.9 Å². The molecule has 0 bridgehead atoms. The van der Waals surface area contributed by atoms with E-state index in [1.807, 2.05) is 74.5 Å². The quantitative estimate of drug-likeness (QED) is 0.259. The third-order valence-electron chi connectivity index (χ3n) is 6.94. The molecular weight excluding hydrogens is 554 g/mol. The molecule has 4 amide bonds. The van der Waals surface area contributed by atoms with Gasteiger partial charge < -0.3 is 30.7 Å². The van der Waals surface area contributed by atoms with Crippen molar-refractivity contribution in [3.8, 4) is 0 Å². The molecule has 0 saturated carbocycles. The molecule has 0 aliphatic rings. The maximum absolute atomic E-state index is 13.6. The molecule has 1 aromatic heterocycles.